The van der Waals surface area contributed by atoms with Gasteiger partial charge >= 0.3 is 0 Å². The summed E-state index contributed by atoms with van der Waals surface area (Å²) in [6.07, 6.45) is 6.77. The van der Waals surface area contributed by atoms with Crippen molar-refractivity contribution >= 4 is 22.3 Å². The minimum absolute atomic E-state index is 0.0621. The summed E-state index contributed by atoms with van der Waals surface area (Å²) in [4.78, 5) is 14.8. The van der Waals surface area contributed by atoms with Gasteiger partial charge in [0, 0.05) is 29.9 Å². The molecule has 0 aliphatic heterocycles. The van der Waals surface area contributed by atoms with Crippen LogP contribution >= 0.6 is 0 Å². The number of hydrogen-bond donors (Lipinski definition) is 1. The van der Waals surface area contributed by atoms with Gasteiger partial charge in [-0.15, -0.1) is 0 Å². The van der Waals surface area contributed by atoms with Crippen molar-refractivity contribution in [2.45, 2.75) is 25.7 Å². The fourth-order valence-corrected chi connectivity index (χ4v) is 2.93. The van der Waals surface area contributed by atoms with Crippen molar-refractivity contribution in [1.29, 1.82) is 0 Å². The van der Waals surface area contributed by atoms with Gasteiger partial charge in [-0.1, -0.05) is 12.8 Å². The second kappa shape index (κ2) is 5.45. The molecule has 2 aromatic rings. The highest BCUT2D eigenvalue weighted by Crippen LogP contribution is 2.31. The fraction of sp³-hybridized carbons (Fsp3) is 0.400. The Balaban J connectivity index is 1.91. The molecule has 20 heavy (non-hydrogen) atoms. The number of nitro benzene ring substituents is 1. The maximum absolute atomic E-state index is 11.0. The molecule has 0 spiro atoms. The van der Waals surface area contributed by atoms with Crippen LogP contribution in [0, 0.1) is 16.0 Å². The molecule has 0 amide bonds. The topological polar surface area (TPSA) is 68.1 Å². The number of nitro groups is 1. The van der Waals surface area contributed by atoms with Crippen LogP contribution in [0.5, 0.6) is 0 Å². The summed E-state index contributed by atoms with van der Waals surface area (Å²) >= 11 is 0. The second-order valence-corrected chi connectivity index (χ2v) is 5.32. The molecule has 0 radical (unpaired) electrons. The molecule has 1 heterocycles. The van der Waals surface area contributed by atoms with Crippen molar-refractivity contribution < 1.29 is 4.92 Å². The molecule has 1 aromatic carbocycles. The van der Waals surface area contributed by atoms with E-state index in [2.05, 4.69) is 10.3 Å². The summed E-state index contributed by atoms with van der Waals surface area (Å²) in [6, 6.07) is 7.02. The van der Waals surface area contributed by atoms with E-state index in [0.29, 0.717) is 5.52 Å². The largest absolute Gasteiger partial charge is 0.384 e. The first-order valence-electron chi connectivity index (χ1n) is 7.01. The lowest BCUT2D eigenvalue weighted by Crippen LogP contribution is -2.11. The van der Waals surface area contributed by atoms with Gasteiger partial charge in [0.25, 0.3) is 5.69 Å². The van der Waals surface area contributed by atoms with Gasteiger partial charge in [-0.05, 0) is 37.0 Å². The summed E-state index contributed by atoms with van der Waals surface area (Å²) < 4.78 is 0. The third kappa shape index (κ3) is 2.43. The Morgan fingerprint density at radius 3 is 2.85 bits per heavy atom. The summed E-state index contributed by atoms with van der Waals surface area (Å²) in [6.45, 7) is 0.932. The van der Waals surface area contributed by atoms with Gasteiger partial charge in [-0.3, -0.25) is 10.1 Å². The first kappa shape index (κ1) is 12.8. The van der Waals surface area contributed by atoms with Gasteiger partial charge in [0.2, 0.25) is 0 Å². The van der Waals surface area contributed by atoms with Crippen LogP contribution in [-0.2, 0) is 0 Å². The maximum Gasteiger partial charge on any atom is 0.295 e. The van der Waals surface area contributed by atoms with Crippen LogP contribution in [0.25, 0.3) is 10.9 Å². The highest BCUT2D eigenvalue weighted by atomic mass is 16.6. The third-order valence-electron chi connectivity index (χ3n) is 4.00. The zero-order valence-corrected chi connectivity index (χ0v) is 11.2. The fourth-order valence-electron chi connectivity index (χ4n) is 2.93. The van der Waals surface area contributed by atoms with Crippen LogP contribution < -0.4 is 5.32 Å². The molecule has 3 rings (SSSR count). The standard InChI is InChI=1S/C15H17N3O2/c19-18(20)14-8-7-13(12-6-3-9-16-15(12)14)17-10-11-4-1-2-5-11/h3,6-9,11,17H,1-2,4-5,10H2. The monoisotopic (exact) mass is 271 g/mol. The summed E-state index contributed by atoms with van der Waals surface area (Å²) in [5.74, 6) is 0.719. The summed E-state index contributed by atoms with van der Waals surface area (Å²) in [5, 5.41) is 15.3. The van der Waals surface area contributed by atoms with Crippen LogP contribution in [-0.4, -0.2) is 16.5 Å². The van der Waals surface area contributed by atoms with E-state index in [1.54, 1.807) is 12.3 Å². The summed E-state index contributed by atoms with van der Waals surface area (Å²) in [7, 11) is 0. The Hall–Kier alpha value is -2.17. The molecular weight excluding hydrogens is 254 g/mol. The van der Waals surface area contributed by atoms with Gasteiger partial charge < -0.3 is 5.32 Å². The number of nitrogens with one attached hydrogen (secondary N) is 1. The molecule has 1 saturated carbocycles. The van der Waals surface area contributed by atoms with Crippen molar-refractivity contribution in [2.24, 2.45) is 5.92 Å². The van der Waals surface area contributed by atoms with Crippen LogP contribution in [0.3, 0.4) is 0 Å². The Bertz CT molecular complexity index is 636. The molecule has 1 aromatic heterocycles. The molecule has 1 N–H and O–H groups in total. The predicted molar refractivity (Wildman–Crippen MR) is 78.8 cm³/mol. The van der Waals surface area contributed by atoms with E-state index in [-0.39, 0.29) is 10.6 Å². The number of non-ortho nitro benzene ring substituents is 1. The van der Waals surface area contributed by atoms with Gasteiger partial charge in [0.15, 0.2) is 0 Å². The number of nitrogens with zero attached hydrogens (tertiary/aromatic N) is 2. The van der Waals surface area contributed by atoms with Crippen molar-refractivity contribution in [3.8, 4) is 0 Å². The molecule has 104 valence electrons. The number of fused-ring (bicyclic) bond motifs is 1. The van der Waals surface area contributed by atoms with Crippen LogP contribution in [0.4, 0.5) is 11.4 Å². The van der Waals surface area contributed by atoms with Gasteiger partial charge in [-0.25, -0.2) is 4.98 Å². The average Bonchev–Trinajstić information content (AvgIpc) is 2.97. The van der Waals surface area contributed by atoms with E-state index < -0.39 is 0 Å². The lowest BCUT2D eigenvalue weighted by molar-refractivity contribution is -0.383. The minimum atomic E-state index is -0.379. The van der Waals surface area contributed by atoms with E-state index in [0.717, 1.165) is 23.5 Å². The van der Waals surface area contributed by atoms with Crippen LogP contribution in [0.1, 0.15) is 25.7 Å². The number of anilines is 1. The number of hydrogen-bond acceptors (Lipinski definition) is 4. The highest BCUT2D eigenvalue weighted by molar-refractivity contribution is 5.96. The SMILES string of the molecule is O=[N+]([O-])c1ccc(NCC2CCCC2)c2cccnc12. The van der Waals surface area contributed by atoms with Gasteiger partial charge in [0.1, 0.15) is 5.52 Å². The van der Waals surface area contributed by atoms with E-state index in [1.165, 1.54) is 31.7 Å². The smallest absolute Gasteiger partial charge is 0.295 e. The minimum Gasteiger partial charge on any atom is -0.384 e. The maximum atomic E-state index is 11.0. The molecule has 0 unspecified atom stereocenters. The lowest BCUT2D eigenvalue weighted by atomic mass is 10.1. The zero-order valence-electron chi connectivity index (χ0n) is 11.2. The second-order valence-electron chi connectivity index (χ2n) is 5.32. The Labute approximate surface area is 117 Å². The Morgan fingerprint density at radius 2 is 2.10 bits per heavy atom. The zero-order chi connectivity index (χ0) is 13.9. The van der Waals surface area contributed by atoms with Crippen molar-refractivity contribution in [2.75, 3.05) is 11.9 Å². The molecule has 0 bridgehead atoms. The number of rotatable bonds is 4. The van der Waals surface area contributed by atoms with E-state index in [1.807, 2.05) is 12.1 Å². The first-order valence-corrected chi connectivity index (χ1v) is 7.01. The summed E-state index contributed by atoms with van der Waals surface area (Å²) in [5.41, 5.74) is 1.45. The van der Waals surface area contributed by atoms with Crippen molar-refractivity contribution in [1.82, 2.24) is 4.98 Å². The predicted octanol–water partition coefficient (Wildman–Crippen LogP) is 3.75. The molecule has 5 heteroatoms. The van der Waals surface area contributed by atoms with Crippen molar-refractivity contribution in [3.05, 3.63) is 40.6 Å². The normalized spacial score (nSPS) is 15.6. The molecule has 1 aliphatic carbocycles. The molecule has 1 fully saturated rings. The van der Waals surface area contributed by atoms with E-state index in [9.17, 15) is 10.1 Å². The average molecular weight is 271 g/mol. The molecule has 1 aliphatic rings. The first-order chi connectivity index (χ1) is 9.75. The van der Waals surface area contributed by atoms with Gasteiger partial charge in [-0.2, -0.15) is 0 Å². The van der Waals surface area contributed by atoms with Crippen LogP contribution in [0.2, 0.25) is 0 Å². The molecule has 5 nitrogen and oxygen atoms in total. The quantitative estimate of drug-likeness (QED) is 0.679. The number of benzene rings is 1. The highest BCUT2D eigenvalue weighted by Gasteiger charge is 2.17. The third-order valence-corrected chi connectivity index (χ3v) is 4.00. The molecule has 0 atom stereocenters. The van der Waals surface area contributed by atoms with Gasteiger partial charge in [0.05, 0.1) is 4.92 Å². The molecule has 0 saturated heterocycles. The number of pyridine rings is 1. The van der Waals surface area contributed by atoms with Crippen LogP contribution in [0.15, 0.2) is 30.5 Å². The van der Waals surface area contributed by atoms with E-state index in [4.69, 9.17) is 0 Å². The lowest BCUT2D eigenvalue weighted by Gasteiger charge is -2.13. The Morgan fingerprint density at radius 1 is 1.30 bits per heavy atom. The molecular formula is C15H17N3O2. The Kier molecular flexibility index (Phi) is 3.50. The van der Waals surface area contributed by atoms with E-state index >= 15 is 0 Å². The van der Waals surface area contributed by atoms with Crippen molar-refractivity contribution in [3.63, 3.8) is 0 Å². The number of aromatic nitrogens is 1.